The fraction of sp³-hybridized carbons (Fsp3) is 0. The van der Waals surface area contributed by atoms with Gasteiger partial charge >= 0.3 is 29.6 Å². The van der Waals surface area contributed by atoms with E-state index in [0.717, 1.165) is 6.07 Å². The number of hydrogen-bond donors (Lipinski definition) is 1. The molecule has 14 heavy (non-hydrogen) atoms. The van der Waals surface area contributed by atoms with Crippen LogP contribution in [0.25, 0.3) is 0 Å². The van der Waals surface area contributed by atoms with E-state index in [-0.39, 0.29) is 41.6 Å². The molecule has 0 aromatic heterocycles. The molecule has 0 spiro atoms. The molecule has 0 aliphatic rings. The Morgan fingerprint density at radius 1 is 1.50 bits per heavy atom. The molecule has 0 saturated carbocycles. The third kappa shape index (κ3) is 3.24. The van der Waals surface area contributed by atoms with Gasteiger partial charge < -0.3 is 1.43 Å². The van der Waals surface area contributed by atoms with Gasteiger partial charge in [0.1, 0.15) is 4.90 Å². The first-order valence-corrected chi connectivity index (χ1v) is 4.94. The zero-order valence-corrected chi connectivity index (χ0v) is 10.8. The van der Waals surface area contributed by atoms with E-state index in [1.54, 1.807) is 6.07 Å². The van der Waals surface area contributed by atoms with Gasteiger partial charge in [0.25, 0.3) is 10.1 Å². The summed E-state index contributed by atoms with van der Waals surface area (Å²) >= 11 is 5.50. The molecule has 0 heterocycles. The van der Waals surface area contributed by atoms with E-state index in [4.69, 9.17) is 21.4 Å². The Kier molecular flexibility index (Phi) is 5.09. The number of halogens is 1. The average molecular weight is 242 g/mol. The topological polar surface area (TPSA) is 78.2 Å². The van der Waals surface area contributed by atoms with E-state index in [1.165, 1.54) is 12.1 Å². The van der Waals surface area contributed by atoms with Gasteiger partial charge in [-0.05, 0) is 18.2 Å². The second-order valence-electron chi connectivity index (χ2n) is 2.23. The van der Waals surface area contributed by atoms with Crippen molar-refractivity contribution in [3.05, 3.63) is 28.8 Å². The predicted octanol–water partition coefficient (Wildman–Crippen LogP) is -1.43. The van der Waals surface area contributed by atoms with Gasteiger partial charge in [-0.25, -0.2) is 0 Å². The molecule has 1 aromatic rings. The minimum Gasteiger partial charge on any atom is -1.00 e. The van der Waals surface area contributed by atoms with Crippen LogP contribution >= 0.6 is 11.6 Å². The van der Waals surface area contributed by atoms with E-state index >= 15 is 0 Å². The van der Waals surface area contributed by atoms with Crippen LogP contribution in [-0.2, 0) is 10.1 Å². The van der Waals surface area contributed by atoms with Crippen molar-refractivity contribution >= 4 is 21.7 Å². The fourth-order valence-corrected chi connectivity index (χ4v) is 1.80. The summed E-state index contributed by atoms with van der Waals surface area (Å²) in [4.78, 5) is -0.395. The molecule has 7 heteroatoms. The van der Waals surface area contributed by atoms with Crippen molar-refractivity contribution in [1.29, 1.82) is 5.26 Å². The van der Waals surface area contributed by atoms with Crippen molar-refractivity contribution in [2.75, 3.05) is 0 Å². The molecule has 0 amide bonds. The molecule has 0 bridgehead atoms. The zero-order valence-electron chi connectivity index (χ0n) is 8.23. The zero-order chi connectivity index (χ0) is 10.1. The Balaban J connectivity index is 0. The van der Waals surface area contributed by atoms with Crippen molar-refractivity contribution < 1.29 is 44.0 Å². The van der Waals surface area contributed by atoms with Crippen LogP contribution < -0.4 is 29.6 Å². The first-order valence-electron chi connectivity index (χ1n) is 3.12. The third-order valence-corrected chi connectivity index (χ3v) is 2.68. The normalized spacial score (nSPS) is 10.1. The van der Waals surface area contributed by atoms with Gasteiger partial charge in [0, 0.05) is 0 Å². The van der Waals surface area contributed by atoms with Gasteiger partial charge in [-0.15, -0.1) is 0 Å². The number of rotatable bonds is 1. The summed E-state index contributed by atoms with van der Waals surface area (Å²) in [6, 6.07) is 5.30. The third-order valence-electron chi connectivity index (χ3n) is 1.34. The Morgan fingerprint density at radius 3 is 2.43 bits per heavy atom. The fourth-order valence-electron chi connectivity index (χ4n) is 0.780. The van der Waals surface area contributed by atoms with Crippen LogP contribution in [0.4, 0.5) is 0 Å². The molecule has 0 radical (unpaired) electrons. The van der Waals surface area contributed by atoms with Crippen molar-refractivity contribution in [2.24, 2.45) is 0 Å². The molecule has 0 aliphatic carbocycles. The summed E-state index contributed by atoms with van der Waals surface area (Å²) in [5.74, 6) is 0. The minimum atomic E-state index is -4.30. The van der Waals surface area contributed by atoms with Gasteiger partial charge in [0.05, 0.1) is 16.7 Å². The molecule has 0 saturated heterocycles. The van der Waals surface area contributed by atoms with E-state index < -0.39 is 15.0 Å². The molecule has 0 unspecified atom stereocenters. The van der Waals surface area contributed by atoms with E-state index in [1.807, 2.05) is 0 Å². The number of hydrogen-bond acceptors (Lipinski definition) is 3. The Morgan fingerprint density at radius 2 is 2.07 bits per heavy atom. The molecule has 1 N–H and O–H groups in total. The Labute approximate surface area is 110 Å². The van der Waals surface area contributed by atoms with Crippen molar-refractivity contribution in [3.8, 4) is 6.07 Å². The van der Waals surface area contributed by atoms with Crippen LogP contribution in [0, 0.1) is 11.3 Å². The van der Waals surface area contributed by atoms with Gasteiger partial charge in [0.2, 0.25) is 0 Å². The second-order valence-corrected chi connectivity index (χ2v) is 4.03. The summed E-state index contributed by atoms with van der Waals surface area (Å²) in [5.41, 5.74) is 0.234. The molecule has 0 fully saturated rings. The molecule has 0 aliphatic heterocycles. The van der Waals surface area contributed by atoms with E-state index in [9.17, 15) is 8.42 Å². The monoisotopic (exact) mass is 241 g/mol. The van der Waals surface area contributed by atoms with Crippen LogP contribution in [0.5, 0.6) is 0 Å². The summed E-state index contributed by atoms with van der Waals surface area (Å²) in [6.07, 6.45) is 0. The SMILES string of the molecule is N#Cc1ccc(S(=O)(=O)O)c(Cl)c1.[H-].[Na+]. The van der Waals surface area contributed by atoms with E-state index in [2.05, 4.69) is 0 Å². The minimum absolute atomic E-state index is 0. The van der Waals surface area contributed by atoms with Gasteiger partial charge in [0.15, 0.2) is 0 Å². The van der Waals surface area contributed by atoms with Gasteiger partial charge in [-0.3, -0.25) is 4.55 Å². The second kappa shape index (κ2) is 5.12. The summed E-state index contributed by atoms with van der Waals surface area (Å²) in [7, 11) is -4.30. The van der Waals surface area contributed by atoms with Crippen molar-refractivity contribution in [3.63, 3.8) is 0 Å². The van der Waals surface area contributed by atoms with Crippen molar-refractivity contribution in [2.45, 2.75) is 4.90 Å². The molecule has 70 valence electrons. The van der Waals surface area contributed by atoms with Gasteiger partial charge in [-0.1, -0.05) is 11.6 Å². The van der Waals surface area contributed by atoms with Crippen LogP contribution in [-0.4, -0.2) is 13.0 Å². The Bertz CT molecular complexity index is 485. The average Bonchev–Trinajstić information content (AvgIpc) is 2.01. The smallest absolute Gasteiger partial charge is 1.00 e. The first kappa shape index (κ1) is 13.9. The summed E-state index contributed by atoms with van der Waals surface area (Å²) in [6.45, 7) is 0. The number of benzene rings is 1. The maximum Gasteiger partial charge on any atom is 1.00 e. The molecule has 1 aromatic carbocycles. The maximum atomic E-state index is 10.6. The molecule has 0 atom stereocenters. The summed E-state index contributed by atoms with van der Waals surface area (Å²) < 4.78 is 29.9. The van der Waals surface area contributed by atoms with Crippen molar-refractivity contribution in [1.82, 2.24) is 0 Å². The predicted molar refractivity (Wildman–Crippen MR) is 47.1 cm³/mol. The molecule has 4 nitrogen and oxygen atoms in total. The number of nitrogens with zero attached hydrogens (tertiary/aromatic N) is 1. The summed E-state index contributed by atoms with van der Waals surface area (Å²) in [5, 5.41) is 8.27. The van der Waals surface area contributed by atoms with Crippen LogP contribution in [0.15, 0.2) is 23.1 Å². The van der Waals surface area contributed by atoms with Crippen LogP contribution in [0.1, 0.15) is 6.99 Å². The largest absolute Gasteiger partial charge is 1.00 e. The maximum absolute atomic E-state index is 10.6. The Hall–Kier alpha value is -0.0900. The quantitative estimate of drug-likeness (QED) is 0.483. The number of nitriles is 1. The molecule has 1 rings (SSSR count). The van der Waals surface area contributed by atoms with Gasteiger partial charge in [-0.2, -0.15) is 13.7 Å². The van der Waals surface area contributed by atoms with Crippen LogP contribution in [0.3, 0.4) is 0 Å². The standard InChI is InChI=1S/C7H4ClNO3S.Na.H/c8-6-3-5(4-9)1-2-7(6)13(10,11)12;;/h1-3H,(H,10,11,12);;/q;+1;-1. The first-order chi connectivity index (χ1) is 5.95. The molecular formula is C7H5ClNNaO3S. The van der Waals surface area contributed by atoms with Crippen LogP contribution in [0.2, 0.25) is 5.02 Å². The molecular weight excluding hydrogens is 237 g/mol. The van der Waals surface area contributed by atoms with E-state index in [0.29, 0.717) is 0 Å².